The third-order valence-electron chi connectivity index (χ3n) is 6.87. The van der Waals surface area contributed by atoms with Crippen LogP contribution in [0.15, 0.2) is 11.6 Å². The summed E-state index contributed by atoms with van der Waals surface area (Å²) in [5, 5.41) is 37.5. The molecule has 0 aliphatic carbocycles. The van der Waals surface area contributed by atoms with Crippen molar-refractivity contribution >= 4 is 35.8 Å². The van der Waals surface area contributed by atoms with E-state index in [2.05, 4.69) is 0 Å². The highest BCUT2D eigenvalue weighted by molar-refractivity contribution is 6.01. The number of carbonyl (C=O) groups is 6. The van der Waals surface area contributed by atoms with Gasteiger partial charge in [0.05, 0.1) is 57.2 Å². The van der Waals surface area contributed by atoms with Crippen molar-refractivity contribution in [3.05, 3.63) is 11.6 Å². The zero-order valence-corrected chi connectivity index (χ0v) is 21.3. The van der Waals surface area contributed by atoms with Crippen LogP contribution in [-0.4, -0.2) is 132 Å². The molecule has 4 aliphatic heterocycles. The van der Waals surface area contributed by atoms with E-state index < -0.39 is 109 Å². The second-order valence-corrected chi connectivity index (χ2v) is 9.69. The van der Waals surface area contributed by atoms with Crippen molar-refractivity contribution < 1.29 is 82.4 Å². The molecule has 0 aromatic rings. The van der Waals surface area contributed by atoms with Crippen LogP contribution in [0, 0.1) is 5.92 Å². The summed E-state index contributed by atoms with van der Waals surface area (Å²) in [6.45, 7) is -0.573. The van der Waals surface area contributed by atoms with Crippen LogP contribution in [0.2, 0.25) is 0 Å². The lowest BCUT2D eigenvalue weighted by molar-refractivity contribution is -0.159. The molecule has 0 spiro atoms. The molecule has 0 aromatic heterocycles. The molecule has 0 radical (unpaired) electrons. The molecule has 41 heavy (non-hydrogen) atoms. The minimum atomic E-state index is -1.97. The fourth-order valence-electron chi connectivity index (χ4n) is 4.97. The van der Waals surface area contributed by atoms with E-state index in [0.29, 0.717) is 6.08 Å². The summed E-state index contributed by atoms with van der Waals surface area (Å²) >= 11 is 0. The third kappa shape index (κ3) is 7.17. The standard InChI is InChI=1S/C24H28O17/c25-11-5-35-20-12(6-36-19(11)20)40-18(31)4-9(23(32)33)10(3-16(28)29)24(34)41-14-8-38-21-13(7-37-22(14)21)39-17(30)2-1-15(26)27/h3,9,11-14,19-22,25H,1-2,4-8H2,(H,26,27)(H,28,29)(H,32,33)/b10-3-/t9?,11-,12+,13+,14-,19+,20+,21+,22+/m0/s1. The molecule has 0 aromatic carbocycles. The van der Waals surface area contributed by atoms with Gasteiger partial charge in [0.25, 0.3) is 0 Å². The van der Waals surface area contributed by atoms with Gasteiger partial charge in [0.15, 0.2) is 18.3 Å². The Bertz CT molecular complexity index is 1100. The van der Waals surface area contributed by atoms with Crippen LogP contribution < -0.4 is 0 Å². The highest BCUT2D eigenvalue weighted by atomic mass is 16.7. The topological polar surface area (TPSA) is 248 Å². The number of ether oxygens (including phenoxy) is 7. The van der Waals surface area contributed by atoms with Crippen LogP contribution in [0.1, 0.15) is 19.3 Å². The summed E-state index contributed by atoms with van der Waals surface area (Å²) < 4.78 is 37.5. The van der Waals surface area contributed by atoms with Gasteiger partial charge >= 0.3 is 35.8 Å². The van der Waals surface area contributed by atoms with E-state index >= 15 is 0 Å². The molecular formula is C24H28O17. The summed E-state index contributed by atoms with van der Waals surface area (Å²) in [6, 6.07) is 0. The predicted octanol–water partition coefficient (Wildman–Crippen LogP) is -2.36. The van der Waals surface area contributed by atoms with Crippen molar-refractivity contribution in [3.63, 3.8) is 0 Å². The zero-order chi connectivity index (χ0) is 29.8. The smallest absolute Gasteiger partial charge is 0.335 e. The van der Waals surface area contributed by atoms with Crippen molar-refractivity contribution in [2.75, 3.05) is 26.4 Å². The first-order chi connectivity index (χ1) is 19.4. The Balaban J connectivity index is 1.37. The summed E-state index contributed by atoms with van der Waals surface area (Å²) in [4.78, 5) is 71.6. The highest BCUT2D eigenvalue weighted by Gasteiger charge is 2.52. The molecule has 9 atom stereocenters. The van der Waals surface area contributed by atoms with Gasteiger partial charge in [0, 0.05) is 6.08 Å². The van der Waals surface area contributed by atoms with E-state index in [1.165, 1.54) is 0 Å². The summed E-state index contributed by atoms with van der Waals surface area (Å²) in [5.74, 6) is -9.79. The molecule has 0 bridgehead atoms. The predicted molar refractivity (Wildman–Crippen MR) is 123 cm³/mol. The number of carboxylic acid groups (broad SMARTS) is 3. The molecule has 4 heterocycles. The van der Waals surface area contributed by atoms with Gasteiger partial charge in [0.2, 0.25) is 0 Å². The van der Waals surface area contributed by atoms with Gasteiger partial charge in [-0.2, -0.15) is 0 Å². The van der Waals surface area contributed by atoms with Crippen LogP contribution >= 0.6 is 0 Å². The number of rotatable bonds is 12. The van der Waals surface area contributed by atoms with E-state index in [1.807, 2.05) is 0 Å². The lowest BCUT2D eigenvalue weighted by Gasteiger charge is -2.21. The Morgan fingerprint density at radius 1 is 0.707 bits per heavy atom. The van der Waals surface area contributed by atoms with Gasteiger partial charge in [-0.15, -0.1) is 0 Å². The van der Waals surface area contributed by atoms with Crippen LogP contribution in [0.25, 0.3) is 0 Å². The highest BCUT2D eigenvalue weighted by Crippen LogP contribution is 2.33. The van der Waals surface area contributed by atoms with Gasteiger partial charge in [-0.25, -0.2) is 9.59 Å². The normalized spacial score (nSPS) is 33.0. The summed E-state index contributed by atoms with van der Waals surface area (Å²) in [7, 11) is 0. The summed E-state index contributed by atoms with van der Waals surface area (Å²) in [5.41, 5.74) is -0.854. The molecule has 4 rings (SSSR count). The molecule has 226 valence electrons. The summed E-state index contributed by atoms with van der Waals surface area (Å²) in [6.07, 6.45) is -8.69. The number of fused-ring (bicyclic) bond motifs is 2. The number of hydrogen-bond acceptors (Lipinski definition) is 14. The second kappa shape index (κ2) is 12.9. The first kappa shape index (κ1) is 30.3. The number of hydrogen-bond donors (Lipinski definition) is 4. The van der Waals surface area contributed by atoms with Gasteiger partial charge in [-0.3, -0.25) is 19.2 Å². The fourth-order valence-corrected chi connectivity index (χ4v) is 4.97. The van der Waals surface area contributed by atoms with Crippen molar-refractivity contribution in [2.24, 2.45) is 5.92 Å². The van der Waals surface area contributed by atoms with E-state index in [-0.39, 0.29) is 32.8 Å². The minimum absolute atomic E-state index is 0.0389. The van der Waals surface area contributed by atoms with E-state index in [9.17, 15) is 44.1 Å². The Morgan fingerprint density at radius 2 is 1.22 bits per heavy atom. The molecule has 4 aliphatic rings. The second-order valence-electron chi connectivity index (χ2n) is 9.69. The van der Waals surface area contributed by atoms with E-state index in [0.717, 1.165) is 0 Å². The maximum absolute atomic E-state index is 13.0. The molecule has 4 fully saturated rings. The Hall–Kier alpha value is -3.64. The van der Waals surface area contributed by atoms with Gasteiger partial charge in [-0.1, -0.05) is 0 Å². The molecule has 0 amide bonds. The minimum Gasteiger partial charge on any atom is -0.481 e. The fraction of sp³-hybridized carbons (Fsp3) is 0.667. The first-order valence-corrected chi connectivity index (χ1v) is 12.6. The van der Waals surface area contributed by atoms with Crippen molar-refractivity contribution in [3.8, 4) is 0 Å². The maximum Gasteiger partial charge on any atom is 0.335 e. The molecule has 17 heteroatoms. The van der Waals surface area contributed by atoms with Crippen molar-refractivity contribution in [2.45, 2.75) is 68.1 Å². The van der Waals surface area contributed by atoms with Crippen LogP contribution in [0.3, 0.4) is 0 Å². The van der Waals surface area contributed by atoms with Crippen molar-refractivity contribution in [1.82, 2.24) is 0 Å². The number of carboxylic acids is 3. The molecule has 17 nitrogen and oxygen atoms in total. The van der Waals surface area contributed by atoms with Crippen LogP contribution in [0.4, 0.5) is 0 Å². The average Bonchev–Trinajstić information content (AvgIpc) is 3.66. The SMILES string of the molecule is O=C(O)/C=C(\C(=O)O[C@H]1CO[C@H]2[C@@H]1OC[C@H]2OC(=O)CCC(=O)O)C(CC(=O)O[C@@H]1CO[C@H]2[C@@H]1OC[C@@H]2O)C(=O)O. The number of aliphatic carboxylic acids is 3. The molecule has 1 unspecified atom stereocenters. The molecule has 4 N–H and O–H groups in total. The van der Waals surface area contributed by atoms with E-state index in [1.54, 1.807) is 0 Å². The quantitative estimate of drug-likeness (QED) is 0.106. The number of aliphatic hydroxyl groups excluding tert-OH is 1. The van der Waals surface area contributed by atoms with Gasteiger partial charge in [0.1, 0.15) is 30.5 Å². The molecular weight excluding hydrogens is 560 g/mol. The lowest BCUT2D eigenvalue weighted by atomic mass is 9.95. The maximum atomic E-state index is 13.0. The van der Waals surface area contributed by atoms with Crippen LogP contribution in [0.5, 0.6) is 0 Å². The monoisotopic (exact) mass is 588 g/mol. The Kier molecular flexibility index (Phi) is 9.54. The van der Waals surface area contributed by atoms with Crippen LogP contribution in [-0.2, 0) is 61.9 Å². The molecule has 4 saturated heterocycles. The Labute approximate surface area is 230 Å². The van der Waals surface area contributed by atoms with Gasteiger partial charge < -0.3 is 53.6 Å². The third-order valence-corrected chi connectivity index (χ3v) is 6.87. The average molecular weight is 588 g/mol. The van der Waals surface area contributed by atoms with Crippen molar-refractivity contribution in [1.29, 1.82) is 0 Å². The van der Waals surface area contributed by atoms with E-state index in [4.69, 9.17) is 38.3 Å². The largest absolute Gasteiger partial charge is 0.481 e. The molecule has 0 saturated carbocycles. The first-order valence-electron chi connectivity index (χ1n) is 12.6. The number of aliphatic hydroxyl groups is 1. The van der Waals surface area contributed by atoms with Gasteiger partial charge in [-0.05, 0) is 0 Å². The Morgan fingerprint density at radius 3 is 1.78 bits per heavy atom. The number of esters is 3. The number of carbonyl (C=O) groups excluding carboxylic acids is 3. The zero-order valence-electron chi connectivity index (χ0n) is 21.3. The lowest BCUT2D eigenvalue weighted by Crippen LogP contribution is -2.37.